The maximum atomic E-state index is 13.0. The van der Waals surface area contributed by atoms with E-state index in [4.69, 9.17) is 9.47 Å². The zero-order chi connectivity index (χ0) is 25.5. The highest BCUT2D eigenvalue weighted by Crippen LogP contribution is 2.38. The minimum atomic E-state index is -0.554. The smallest absolute Gasteiger partial charge is 0.266 e. The van der Waals surface area contributed by atoms with E-state index in [1.165, 1.54) is 17.4 Å². The maximum Gasteiger partial charge on any atom is 0.266 e. The van der Waals surface area contributed by atoms with Crippen molar-refractivity contribution in [3.63, 3.8) is 0 Å². The van der Waals surface area contributed by atoms with Gasteiger partial charge in [0.1, 0.15) is 29.3 Å². The summed E-state index contributed by atoms with van der Waals surface area (Å²) in [4.78, 5) is 14.1. The number of nitrogens with one attached hydrogen (secondary N) is 1. The zero-order valence-electron chi connectivity index (χ0n) is 19.8. The van der Waals surface area contributed by atoms with E-state index < -0.39 is 5.91 Å². The van der Waals surface area contributed by atoms with Crippen molar-refractivity contribution < 1.29 is 14.3 Å². The van der Waals surface area contributed by atoms with Gasteiger partial charge in [0.15, 0.2) is 11.5 Å². The Labute approximate surface area is 222 Å². The fourth-order valence-electron chi connectivity index (χ4n) is 4.02. The van der Waals surface area contributed by atoms with Crippen LogP contribution in [0.25, 0.3) is 6.08 Å². The largest absolute Gasteiger partial charge is 0.490 e. The SMILES string of the molecule is CCOc1cc(/C=C(\C#N)C(=O)Nc2sc3c(c2C#N)CCCC3)c(Br)cc1OCc1ccccc1. The zero-order valence-corrected chi connectivity index (χ0v) is 22.2. The van der Waals surface area contributed by atoms with Crippen molar-refractivity contribution in [2.45, 2.75) is 39.2 Å². The molecule has 0 bridgehead atoms. The number of fused-ring (bicyclic) bond motifs is 1. The molecule has 1 heterocycles. The van der Waals surface area contributed by atoms with Gasteiger partial charge in [-0.1, -0.05) is 46.3 Å². The van der Waals surface area contributed by atoms with E-state index in [0.717, 1.165) is 41.7 Å². The Morgan fingerprint density at radius 3 is 2.61 bits per heavy atom. The number of halogens is 1. The van der Waals surface area contributed by atoms with E-state index in [2.05, 4.69) is 27.3 Å². The third kappa shape index (κ3) is 5.79. The Kier molecular flexibility index (Phi) is 8.43. The average molecular weight is 562 g/mol. The van der Waals surface area contributed by atoms with Gasteiger partial charge < -0.3 is 14.8 Å². The summed E-state index contributed by atoms with van der Waals surface area (Å²) in [7, 11) is 0. The Balaban J connectivity index is 1.58. The van der Waals surface area contributed by atoms with Crippen LogP contribution in [0.2, 0.25) is 0 Å². The van der Waals surface area contributed by atoms with Gasteiger partial charge in [-0.3, -0.25) is 4.79 Å². The second-order valence-electron chi connectivity index (χ2n) is 8.18. The van der Waals surface area contributed by atoms with Crippen LogP contribution in [0.5, 0.6) is 11.5 Å². The third-order valence-electron chi connectivity index (χ3n) is 5.78. The first-order valence-electron chi connectivity index (χ1n) is 11.6. The van der Waals surface area contributed by atoms with Crippen LogP contribution >= 0.6 is 27.3 Å². The number of hydrogen-bond acceptors (Lipinski definition) is 6. The third-order valence-corrected chi connectivity index (χ3v) is 7.67. The van der Waals surface area contributed by atoms with Gasteiger partial charge in [-0.15, -0.1) is 11.3 Å². The second-order valence-corrected chi connectivity index (χ2v) is 10.1. The molecule has 4 rings (SSSR count). The molecular weight excluding hydrogens is 538 g/mol. The molecule has 8 heteroatoms. The molecule has 1 N–H and O–H groups in total. The number of nitriles is 2. The number of thiophene rings is 1. The van der Waals surface area contributed by atoms with Gasteiger partial charge in [-0.25, -0.2) is 0 Å². The summed E-state index contributed by atoms with van der Waals surface area (Å²) < 4.78 is 12.4. The Morgan fingerprint density at radius 1 is 1.14 bits per heavy atom. The molecule has 1 aliphatic rings. The van der Waals surface area contributed by atoms with Crippen LogP contribution < -0.4 is 14.8 Å². The highest BCUT2D eigenvalue weighted by molar-refractivity contribution is 9.10. The fraction of sp³-hybridized carbons (Fsp3) is 0.250. The molecule has 1 amide bonds. The normalized spacial score (nSPS) is 12.7. The van der Waals surface area contributed by atoms with Crippen LogP contribution in [0.1, 0.15) is 46.9 Å². The molecule has 0 unspecified atom stereocenters. The number of carbonyl (C=O) groups excluding carboxylic acids is 1. The van der Waals surface area contributed by atoms with E-state index in [-0.39, 0.29) is 5.57 Å². The molecule has 3 aromatic rings. The molecule has 1 aromatic heterocycles. The minimum Gasteiger partial charge on any atom is -0.490 e. The fourth-order valence-corrected chi connectivity index (χ4v) is 5.70. The number of carbonyl (C=O) groups is 1. The Morgan fingerprint density at radius 2 is 1.89 bits per heavy atom. The first-order chi connectivity index (χ1) is 17.5. The van der Waals surface area contributed by atoms with Crippen LogP contribution in [-0.4, -0.2) is 12.5 Å². The molecule has 0 aliphatic heterocycles. The average Bonchev–Trinajstić information content (AvgIpc) is 3.25. The molecule has 0 radical (unpaired) electrons. The first kappa shape index (κ1) is 25.5. The van der Waals surface area contributed by atoms with Gasteiger partial charge in [0.2, 0.25) is 0 Å². The number of nitrogens with zero attached hydrogens (tertiary/aromatic N) is 2. The predicted molar refractivity (Wildman–Crippen MR) is 144 cm³/mol. The molecular formula is C28H24BrN3O3S. The molecule has 0 spiro atoms. The molecule has 0 saturated carbocycles. The van der Waals surface area contributed by atoms with E-state index in [9.17, 15) is 15.3 Å². The topological polar surface area (TPSA) is 95.1 Å². The van der Waals surface area contributed by atoms with Crippen LogP contribution in [0.3, 0.4) is 0 Å². The summed E-state index contributed by atoms with van der Waals surface area (Å²) in [5.41, 5.74) is 3.09. The number of anilines is 1. The molecule has 36 heavy (non-hydrogen) atoms. The molecule has 182 valence electrons. The lowest BCUT2D eigenvalue weighted by Crippen LogP contribution is -2.13. The van der Waals surface area contributed by atoms with Crippen molar-refractivity contribution in [1.82, 2.24) is 0 Å². The van der Waals surface area contributed by atoms with E-state index in [1.807, 2.05) is 43.3 Å². The summed E-state index contributed by atoms with van der Waals surface area (Å²) in [6.07, 6.45) is 5.38. The van der Waals surface area contributed by atoms with Crippen LogP contribution in [0.4, 0.5) is 5.00 Å². The minimum absolute atomic E-state index is 0.0774. The number of aryl methyl sites for hydroxylation is 1. The van der Waals surface area contributed by atoms with E-state index in [0.29, 0.717) is 45.3 Å². The Bertz CT molecular complexity index is 1380. The summed E-state index contributed by atoms with van der Waals surface area (Å²) in [6.45, 7) is 2.68. The van der Waals surface area contributed by atoms with Crippen molar-refractivity contribution in [2.24, 2.45) is 0 Å². The number of benzene rings is 2. The number of rotatable bonds is 8. The van der Waals surface area contributed by atoms with E-state index in [1.54, 1.807) is 12.1 Å². The first-order valence-corrected chi connectivity index (χ1v) is 13.3. The van der Waals surface area contributed by atoms with Crippen LogP contribution in [-0.2, 0) is 24.2 Å². The molecule has 0 fully saturated rings. The summed E-state index contributed by atoms with van der Waals surface area (Å²) in [5, 5.41) is 22.7. The van der Waals surface area contributed by atoms with Gasteiger partial charge in [0, 0.05) is 9.35 Å². The van der Waals surface area contributed by atoms with Crippen LogP contribution in [0.15, 0.2) is 52.5 Å². The molecule has 6 nitrogen and oxygen atoms in total. The lowest BCUT2D eigenvalue weighted by atomic mass is 9.96. The van der Waals surface area contributed by atoms with Crippen molar-refractivity contribution >= 4 is 44.3 Å². The maximum absolute atomic E-state index is 13.0. The van der Waals surface area contributed by atoms with Crippen molar-refractivity contribution in [3.05, 3.63) is 79.6 Å². The van der Waals surface area contributed by atoms with Crippen molar-refractivity contribution in [3.8, 4) is 23.6 Å². The van der Waals surface area contributed by atoms with Gasteiger partial charge in [-0.05, 0) is 67.5 Å². The van der Waals surface area contributed by atoms with Gasteiger partial charge in [-0.2, -0.15) is 10.5 Å². The van der Waals surface area contributed by atoms with Crippen LogP contribution in [0, 0.1) is 22.7 Å². The number of ether oxygens (including phenoxy) is 2. The molecule has 0 saturated heterocycles. The predicted octanol–water partition coefficient (Wildman–Crippen LogP) is 6.78. The van der Waals surface area contributed by atoms with E-state index >= 15 is 0 Å². The second kappa shape index (κ2) is 11.9. The van der Waals surface area contributed by atoms with Gasteiger partial charge in [0.05, 0.1) is 12.2 Å². The molecule has 0 atom stereocenters. The number of hydrogen-bond donors (Lipinski definition) is 1. The summed E-state index contributed by atoms with van der Waals surface area (Å²) in [6, 6.07) is 17.5. The number of amides is 1. The lowest BCUT2D eigenvalue weighted by Gasteiger charge is -2.14. The van der Waals surface area contributed by atoms with Crippen molar-refractivity contribution in [1.29, 1.82) is 10.5 Å². The summed E-state index contributed by atoms with van der Waals surface area (Å²) >= 11 is 4.96. The summed E-state index contributed by atoms with van der Waals surface area (Å²) in [5.74, 6) is 0.510. The highest BCUT2D eigenvalue weighted by Gasteiger charge is 2.23. The monoisotopic (exact) mass is 561 g/mol. The van der Waals surface area contributed by atoms with Gasteiger partial charge in [0.25, 0.3) is 5.91 Å². The standard InChI is InChI=1S/C28H24BrN3O3S/c1-2-34-24-13-19(23(29)14-25(24)35-17-18-8-4-3-5-9-18)12-20(15-30)27(33)32-28-22(16-31)21-10-6-7-11-26(21)36-28/h3-5,8-9,12-14H,2,6-7,10-11,17H2,1H3,(H,32,33)/b20-12+. The molecule has 2 aromatic carbocycles. The highest BCUT2D eigenvalue weighted by atomic mass is 79.9. The molecule has 1 aliphatic carbocycles. The Hall–Kier alpha value is -3.59. The quantitative estimate of drug-likeness (QED) is 0.241. The van der Waals surface area contributed by atoms with Crippen molar-refractivity contribution in [2.75, 3.05) is 11.9 Å². The van der Waals surface area contributed by atoms with Gasteiger partial charge >= 0.3 is 0 Å². The lowest BCUT2D eigenvalue weighted by molar-refractivity contribution is -0.112.